The van der Waals surface area contributed by atoms with E-state index in [9.17, 15) is 36.4 Å². The molecular weight excluding hydrogens is 650 g/mol. The zero-order valence-electron chi connectivity index (χ0n) is 27.4. The van der Waals surface area contributed by atoms with Gasteiger partial charge >= 0.3 is 12.7 Å². The number of nitrogens with zero attached hydrogens (tertiary/aromatic N) is 3. The molecule has 1 heterocycles. The Morgan fingerprint density at radius 3 is 2.27 bits per heavy atom. The molecule has 0 aromatic heterocycles. The molecule has 0 radical (unpaired) electrons. The maximum Gasteiger partial charge on any atom is 0.410 e. The summed E-state index contributed by atoms with van der Waals surface area (Å²) in [5, 5.41) is 3.81. The number of amides is 4. The number of benzene rings is 3. The van der Waals surface area contributed by atoms with E-state index in [1.165, 1.54) is 37.1 Å². The van der Waals surface area contributed by atoms with Gasteiger partial charge in [-0.15, -0.1) is 0 Å². The minimum Gasteiger partial charge on any atom is -0.444 e. The first-order chi connectivity index (χ1) is 22.4. The molecular formula is C33H38F2N4O8S. The van der Waals surface area contributed by atoms with Gasteiger partial charge in [0.1, 0.15) is 29.2 Å². The molecule has 48 heavy (non-hydrogen) atoms. The number of carbonyl (C=O) groups is 4. The van der Waals surface area contributed by atoms with Crippen LogP contribution in [0.1, 0.15) is 33.3 Å². The third-order valence-corrected chi connectivity index (χ3v) is 8.34. The first-order valence-corrected chi connectivity index (χ1v) is 17.0. The van der Waals surface area contributed by atoms with Crippen molar-refractivity contribution < 1.29 is 45.9 Å². The Bertz CT molecular complexity index is 1830. The number of likely N-dealkylation sites (N-methyl/N-ethyl adjacent to an activating group) is 1. The van der Waals surface area contributed by atoms with E-state index >= 15 is 0 Å². The summed E-state index contributed by atoms with van der Waals surface area (Å²) < 4.78 is 61.6. The van der Waals surface area contributed by atoms with Crippen molar-refractivity contribution in [3.05, 3.63) is 66.2 Å². The lowest BCUT2D eigenvalue weighted by molar-refractivity contribution is -0.130. The van der Waals surface area contributed by atoms with Gasteiger partial charge in [0, 0.05) is 18.9 Å². The SMILES string of the molecule is C[C@@H](C(=O)N[C@H]1CN(C(=O)CS(C)(=O)=O)c2ccccc2N(Cc2c(OC(F)F)ccc3ccccc23)C1=O)N(C)C(=O)OC(C)(C)C. The lowest BCUT2D eigenvalue weighted by atomic mass is 10.0. The van der Waals surface area contributed by atoms with E-state index in [0.717, 1.165) is 16.1 Å². The summed E-state index contributed by atoms with van der Waals surface area (Å²) >= 11 is 0. The molecule has 1 N–H and O–H groups in total. The fourth-order valence-corrected chi connectivity index (χ4v) is 5.80. The number of anilines is 2. The highest BCUT2D eigenvalue weighted by molar-refractivity contribution is 7.91. The highest BCUT2D eigenvalue weighted by atomic mass is 32.2. The third kappa shape index (κ3) is 8.56. The van der Waals surface area contributed by atoms with E-state index < -0.39 is 70.2 Å². The van der Waals surface area contributed by atoms with Crippen LogP contribution in [-0.4, -0.2) is 87.0 Å². The highest BCUT2D eigenvalue weighted by Crippen LogP contribution is 2.37. The Hall–Kier alpha value is -4.79. The van der Waals surface area contributed by atoms with Gasteiger partial charge < -0.3 is 24.6 Å². The van der Waals surface area contributed by atoms with Crippen LogP contribution in [0.5, 0.6) is 5.75 Å². The number of sulfone groups is 1. The van der Waals surface area contributed by atoms with E-state index in [4.69, 9.17) is 9.47 Å². The van der Waals surface area contributed by atoms with Gasteiger partial charge in [-0.25, -0.2) is 13.2 Å². The topological polar surface area (TPSA) is 143 Å². The minimum absolute atomic E-state index is 0.159. The van der Waals surface area contributed by atoms with Crippen molar-refractivity contribution in [1.29, 1.82) is 0 Å². The van der Waals surface area contributed by atoms with E-state index in [1.54, 1.807) is 63.2 Å². The quantitative estimate of drug-likeness (QED) is 0.354. The van der Waals surface area contributed by atoms with E-state index in [0.29, 0.717) is 10.8 Å². The minimum atomic E-state index is -3.82. The molecule has 1 aliphatic heterocycles. The van der Waals surface area contributed by atoms with Gasteiger partial charge in [-0.1, -0.05) is 42.5 Å². The van der Waals surface area contributed by atoms with Crippen LogP contribution in [0.3, 0.4) is 0 Å². The van der Waals surface area contributed by atoms with Crippen LogP contribution in [0.15, 0.2) is 60.7 Å². The van der Waals surface area contributed by atoms with Crippen LogP contribution in [-0.2, 0) is 35.5 Å². The van der Waals surface area contributed by atoms with Gasteiger partial charge in [-0.05, 0) is 56.7 Å². The van der Waals surface area contributed by atoms with Crippen molar-refractivity contribution in [3.8, 4) is 5.75 Å². The summed E-state index contributed by atoms with van der Waals surface area (Å²) in [7, 11) is -2.47. The van der Waals surface area contributed by atoms with Crippen molar-refractivity contribution in [2.24, 2.45) is 0 Å². The summed E-state index contributed by atoms with van der Waals surface area (Å²) in [5.41, 5.74) is -0.293. The molecule has 3 aromatic rings. The number of hydrogen-bond donors (Lipinski definition) is 1. The molecule has 3 aromatic carbocycles. The number of nitrogens with one attached hydrogen (secondary N) is 1. The first-order valence-electron chi connectivity index (χ1n) is 15.0. The molecule has 0 saturated carbocycles. The van der Waals surface area contributed by atoms with Gasteiger partial charge in [-0.2, -0.15) is 8.78 Å². The largest absolute Gasteiger partial charge is 0.444 e. The smallest absolute Gasteiger partial charge is 0.410 e. The van der Waals surface area contributed by atoms with Gasteiger partial charge in [-0.3, -0.25) is 19.3 Å². The zero-order chi connectivity index (χ0) is 35.6. The Morgan fingerprint density at radius 2 is 1.65 bits per heavy atom. The molecule has 0 fully saturated rings. The molecule has 0 saturated heterocycles. The number of carbonyl (C=O) groups excluding carboxylic acids is 4. The van der Waals surface area contributed by atoms with Crippen molar-refractivity contribution in [2.45, 2.75) is 58.5 Å². The van der Waals surface area contributed by atoms with Crippen molar-refractivity contribution in [3.63, 3.8) is 0 Å². The van der Waals surface area contributed by atoms with E-state index in [2.05, 4.69) is 5.32 Å². The van der Waals surface area contributed by atoms with Gasteiger partial charge in [0.15, 0.2) is 9.84 Å². The van der Waals surface area contributed by atoms with Gasteiger partial charge in [0.2, 0.25) is 11.8 Å². The monoisotopic (exact) mass is 688 g/mol. The lowest BCUT2D eigenvalue weighted by Gasteiger charge is -2.30. The molecule has 15 heteroatoms. The number of ether oxygens (including phenoxy) is 2. The first kappa shape index (κ1) is 36.1. The summed E-state index contributed by atoms with van der Waals surface area (Å²) in [5.74, 6) is -3.42. The Morgan fingerprint density at radius 1 is 1.02 bits per heavy atom. The molecule has 0 aliphatic carbocycles. The second-order valence-electron chi connectivity index (χ2n) is 12.5. The fraction of sp³-hybridized carbons (Fsp3) is 0.394. The van der Waals surface area contributed by atoms with E-state index in [1.807, 2.05) is 0 Å². The predicted octanol–water partition coefficient (Wildman–Crippen LogP) is 4.11. The second kappa shape index (κ2) is 14.1. The summed E-state index contributed by atoms with van der Waals surface area (Å²) in [6.45, 7) is 2.44. The van der Waals surface area contributed by atoms with Crippen molar-refractivity contribution in [1.82, 2.24) is 10.2 Å². The lowest BCUT2D eigenvalue weighted by Crippen LogP contribution is -2.57. The van der Waals surface area contributed by atoms with Crippen LogP contribution in [0.2, 0.25) is 0 Å². The molecule has 258 valence electrons. The molecule has 4 rings (SSSR count). The molecule has 12 nitrogen and oxygen atoms in total. The number of fused-ring (bicyclic) bond motifs is 2. The third-order valence-electron chi connectivity index (χ3n) is 7.57. The molecule has 0 unspecified atom stereocenters. The second-order valence-corrected chi connectivity index (χ2v) is 14.6. The number of rotatable bonds is 9. The maximum atomic E-state index is 14.4. The van der Waals surface area contributed by atoms with Crippen molar-refractivity contribution >= 4 is 55.8 Å². The van der Waals surface area contributed by atoms with Crippen LogP contribution in [0, 0.1) is 0 Å². The van der Waals surface area contributed by atoms with Crippen LogP contribution in [0.25, 0.3) is 10.8 Å². The molecule has 1 aliphatic rings. The molecule has 0 spiro atoms. The van der Waals surface area contributed by atoms with Crippen LogP contribution < -0.4 is 19.9 Å². The average Bonchev–Trinajstić information content (AvgIpc) is 3.10. The summed E-state index contributed by atoms with van der Waals surface area (Å²) in [4.78, 5) is 57.5. The molecule has 2 atom stereocenters. The summed E-state index contributed by atoms with van der Waals surface area (Å²) in [6, 6.07) is 13.5. The average molecular weight is 689 g/mol. The van der Waals surface area contributed by atoms with Crippen LogP contribution >= 0.6 is 0 Å². The summed E-state index contributed by atoms with van der Waals surface area (Å²) in [6.07, 6.45) is 0.101. The number of halogens is 2. The van der Waals surface area contributed by atoms with Crippen molar-refractivity contribution in [2.75, 3.05) is 35.4 Å². The fourth-order valence-electron chi connectivity index (χ4n) is 5.20. The Labute approximate surface area is 277 Å². The number of para-hydroxylation sites is 2. The zero-order valence-corrected chi connectivity index (χ0v) is 28.2. The predicted molar refractivity (Wildman–Crippen MR) is 176 cm³/mol. The Kier molecular flexibility index (Phi) is 10.6. The van der Waals surface area contributed by atoms with Gasteiger partial charge in [0.25, 0.3) is 5.91 Å². The normalized spacial score (nSPS) is 15.9. The van der Waals surface area contributed by atoms with E-state index in [-0.39, 0.29) is 29.2 Å². The van der Waals surface area contributed by atoms with Crippen LogP contribution in [0.4, 0.5) is 25.0 Å². The molecule has 0 bridgehead atoms. The highest BCUT2D eigenvalue weighted by Gasteiger charge is 2.39. The standard InChI is InChI=1S/C33H38F2N4O8S/c1-20(37(5)32(43)47-33(2,3)4)29(41)36-24-18-38(28(40)19-48(6,44)45)25-13-9-10-14-26(25)39(30(24)42)17-23-22-12-8-7-11-21(22)15-16-27(23)46-31(34)35/h7-16,20,24,31H,17-19H2,1-6H3,(H,36,41)/t20-,24-/m0/s1. The molecule has 4 amide bonds. The van der Waals surface area contributed by atoms with Gasteiger partial charge in [0.05, 0.1) is 24.5 Å². The number of alkyl halides is 2. The number of hydrogen-bond acceptors (Lipinski definition) is 8. The Balaban J connectivity index is 1.81. The maximum absolute atomic E-state index is 14.4.